The molecule has 0 bridgehead atoms. The van der Waals surface area contributed by atoms with Crippen molar-refractivity contribution in [1.29, 1.82) is 0 Å². The molecule has 0 fully saturated rings. The summed E-state index contributed by atoms with van der Waals surface area (Å²) < 4.78 is 0. The Kier molecular flexibility index (Phi) is 7.07. The van der Waals surface area contributed by atoms with Gasteiger partial charge in [0.1, 0.15) is 5.75 Å². The molecular formula is C27H25N2OPt-. The molecule has 1 aromatic heterocycles. The summed E-state index contributed by atoms with van der Waals surface area (Å²) in [6.45, 7) is 6.76. The second-order valence-electron chi connectivity index (χ2n) is 8.39. The molecule has 0 unspecified atom stereocenters. The molecular weight excluding hydrogens is 563 g/mol. The molecule has 0 aliphatic heterocycles. The van der Waals surface area contributed by atoms with Crippen LogP contribution >= 0.6 is 0 Å². The van der Waals surface area contributed by atoms with Crippen LogP contribution in [0.1, 0.15) is 32.0 Å². The van der Waals surface area contributed by atoms with Crippen LogP contribution in [-0.2, 0) is 27.6 Å². The van der Waals surface area contributed by atoms with E-state index in [1.807, 2.05) is 54.6 Å². The van der Waals surface area contributed by atoms with E-state index in [0.717, 1.165) is 39.0 Å². The summed E-state index contributed by atoms with van der Waals surface area (Å²) in [6, 6.07) is 28.9. The van der Waals surface area contributed by atoms with E-state index >= 15 is 0 Å². The molecule has 0 atom stereocenters. The van der Waals surface area contributed by atoms with Gasteiger partial charge in [-0.1, -0.05) is 57.2 Å². The number of phenols is 1. The fourth-order valence-corrected chi connectivity index (χ4v) is 3.64. The molecule has 4 heteroatoms. The van der Waals surface area contributed by atoms with Crippen LogP contribution in [0.25, 0.3) is 22.0 Å². The molecule has 160 valence electrons. The monoisotopic (exact) mass is 588 g/mol. The molecule has 1 heterocycles. The number of nitrogens with zero attached hydrogens (tertiary/aromatic N) is 2. The van der Waals surface area contributed by atoms with Gasteiger partial charge in [0.2, 0.25) is 0 Å². The van der Waals surface area contributed by atoms with Gasteiger partial charge < -0.3 is 5.11 Å². The molecule has 0 saturated carbocycles. The number of aromatic nitrogens is 1. The van der Waals surface area contributed by atoms with Gasteiger partial charge in [0.05, 0.1) is 18.0 Å². The van der Waals surface area contributed by atoms with E-state index in [2.05, 4.69) is 45.0 Å². The number of pyridine rings is 1. The summed E-state index contributed by atoms with van der Waals surface area (Å²) >= 11 is 0. The Morgan fingerprint density at radius 2 is 1.68 bits per heavy atom. The molecule has 31 heavy (non-hydrogen) atoms. The summed E-state index contributed by atoms with van der Waals surface area (Å²) in [5.41, 5.74) is 4.19. The maximum Gasteiger partial charge on any atom is 0.124 e. The van der Waals surface area contributed by atoms with Crippen LogP contribution in [0.2, 0.25) is 0 Å². The Morgan fingerprint density at radius 1 is 0.968 bits per heavy atom. The maximum absolute atomic E-state index is 10.4. The zero-order valence-corrected chi connectivity index (χ0v) is 20.1. The Balaban J connectivity index is 0.00000272. The summed E-state index contributed by atoms with van der Waals surface area (Å²) in [7, 11) is 0. The van der Waals surface area contributed by atoms with E-state index < -0.39 is 0 Å². The quantitative estimate of drug-likeness (QED) is 0.220. The fourth-order valence-electron chi connectivity index (χ4n) is 3.64. The summed E-state index contributed by atoms with van der Waals surface area (Å²) in [5, 5.41) is 12.6. The first-order chi connectivity index (χ1) is 14.4. The van der Waals surface area contributed by atoms with Crippen molar-refractivity contribution in [2.24, 2.45) is 10.4 Å². The van der Waals surface area contributed by atoms with E-state index in [1.54, 1.807) is 6.07 Å². The predicted molar refractivity (Wildman–Crippen MR) is 124 cm³/mol. The number of fused-ring (bicyclic) bond motifs is 1. The Morgan fingerprint density at radius 3 is 2.39 bits per heavy atom. The van der Waals surface area contributed by atoms with Crippen LogP contribution in [-0.4, -0.2) is 15.8 Å². The van der Waals surface area contributed by atoms with Crippen molar-refractivity contribution in [3.05, 3.63) is 96.2 Å². The number of para-hydroxylation sites is 1. The van der Waals surface area contributed by atoms with E-state index in [0.29, 0.717) is 6.54 Å². The third kappa shape index (κ3) is 5.11. The van der Waals surface area contributed by atoms with E-state index in [1.165, 1.54) is 0 Å². The second kappa shape index (κ2) is 9.58. The second-order valence-corrected chi connectivity index (χ2v) is 8.39. The van der Waals surface area contributed by atoms with Gasteiger partial charge in [0.25, 0.3) is 0 Å². The van der Waals surface area contributed by atoms with Crippen molar-refractivity contribution in [3.8, 4) is 17.0 Å². The van der Waals surface area contributed by atoms with Crippen LogP contribution in [0, 0.1) is 11.5 Å². The maximum atomic E-state index is 10.4. The Labute approximate surface area is 198 Å². The third-order valence-corrected chi connectivity index (χ3v) is 5.03. The molecule has 0 aliphatic rings. The van der Waals surface area contributed by atoms with Gasteiger partial charge in [-0.3, -0.25) is 9.98 Å². The minimum Gasteiger partial charge on any atom is -0.507 e. The molecule has 0 amide bonds. The van der Waals surface area contributed by atoms with Gasteiger partial charge in [-0.2, -0.15) is 0 Å². The molecule has 3 nitrogen and oxygen atoms in total. The van der Waals surface area contributed by atoms with Crippen LogP contribution in [0.4, 0.5) is 0 Å². The summed E-state index contributed by atoms with van der Waals surface area (Å²) in [6.07, 6.45) is 0. The molecule has 0 spiro atoms. The molecule has 0 aliphatic carbocycles. The third-order valence-electron chi connectivity index (χ3n) is 5.03. The van der Waals surface area contributed by atoms with Gasteiger partial charge in [-0.25, -0.2) is 0 Å². The molecule has 3 aromatic carbocycles. The molecule has 0 radical (unpaired) electrons. The normalized spacial score (nSPS) is 11.9. The number of hydrogen-bond acceptors (Lipinski definition) is 3. The van der Waals surface area contributed by atoms with Crippen LogP contribution in [0.15, 0.2) is 83.9 Å². The van der Waals surface area contributed by atoms with Crippen molar-refractivity contribution in [2.45, 2.75) is 27.3 Å². The van der Waals surface area contributed by atoms with Crippen molar-refractivity contribution in [3.63, 3.8) is 0 Å². The zero-order chi connectivity index (χ0) is 21.1. The minimum atomic E-state index is -0.217. The Bertz CT molecular complexity index is 1210. The number of aliphatic imine (C=N–C) groups is 1. The van der Waals surface area contributed by atoms with Gasteiger partial charge in [0, 0.05) is 32.0 Å². The van der Waals surface area contributed by atoms with Crippen molar-refractivity contribution >= 4 is 16.5 Å². The van der Waals surface area contributed by atoms with Gasteiger partial charge in [-0.15, -0.1) is 35.9 Å². The SMILES string of the molecule is CC(C)(C)C(=NCc1cc2ccccc2c(-c2[c-]cccc2)n1)c1ccccc1O.[Pt]. The standard InChI is InChI=1S/C27H25N2O.Pt/c1-27(2,3)26(23-15-9-10-16-24(23)30)28-18-21-17-20-13-7-8-14-22(20)25(29-21)19-11-5-4-6-12-19;/h4-11,13-17,30H,18H2,1-3H3;/q-1;. The molecule has 4 rings (SSSR count). The van der Waals surface area contributed by atoms with Gasteiger partial charge in [-0.05, 0) is 34.7 Å². The summed E-state index contributed by atoms with van der Waals surface area (Å²) in [4.78, 5) is 9.86. The molecule has 0 saturated heterocycles. The van der Waals surface area contributed by atoms with Crippen LogP contribution in [0.3, 0.4) is 0 Å². The number of aromatic hydroxyl groups is 1. The number of benzene rings is 3. The first-order valence-electron chi connectivity index (χ1n) is 10.1. The number of phenolic OH excluding ortho intramolecular Hbond substituents is 1. The number of hydrogen-bond donors (Lipinski definition) is 1. The molecule has 4 aromatic rings. The van der Waals surface area contributed by atoms with Crippen molar-refractivity contribution in [2.75, 3.05) is 0 Å². The zero-order valence-electron chi connectivity index (χ0n) is 17.9. The topological polar surface area (TPSA) is 45.5 Å². The largest absolute Gasteiger partial charge is 0.507 e. The first kappa shape index (κ1) is 22.9. The predicted octanol–water partition coefficient (Wildman–Crippen LogP) is 6.44. The van der Waals surface area contributed by atoms with Crippen molar-refractivity contribution < 1.29 is 26.2 Å². The van der Waals surface area contributed by atoms with E-state index in [4.69, 9.17) is 9.98 Å². The summed E-state index contributed by atoms with van der Waals surface area (Å²) in [5.74, 6) is 0.247. The molecule has 1 N–H and O–H groups in total. The average Bonchev–Trinajstić information content (AvgIpc) is 2.74. The van der Waals surface area contributed by atoms with Crippen molar-refractivity contribution in [1.82, 2.24) is 4.98 Å². The van der Waals surface area contributed by atoms with Crippen LogP contribution in [0.5, 0.6) is 5.75 Å². The number of rotatable bonds is 4. The first-order valence-corrected chi connectivity index (χ1v) is 10.1. The van der Waals surface area contributed by atoms with E-state index in [-0.39, 0.29) is 32.2 Å². The van der Waals surface area contributed by atoms with E-state index in [9.17, 15) is 5.11 Å². The minimum absolute atomic E-state index is 0. The van der Waals surface area contributed by atoms with Gasteiger partial charge >= 0.3 is 0 Å². The smallest absolute Gasteiger partial charge is 0.124 e. The average molecular weight is 589 g/mol. The fraction of sp³-hybridized carbons (Fsp3) is 0.185. The Hall–Kier alpha value is -2.77. The van der Waals surface area contributed by atoms with Crippen LogP contribution < -0.4 is 0 Å². The van der Waals surface area contributed by atoms with Gasteiger partial charge in [0.15, 0.2) is 0 Å².